The molecule has 0 fully saturated rings. The Labute approximate surface area is 104 Å². The van der Waals surface area contributed by atoms with E-state index in [0.717, 1.165) is 5.56 Å². The van der Waals surface area contributed by atoms with E-state index in [4.69, 9.17) is 9.63 Å². The summed E-state index contributed by atoms with van der Waals surface area (Å²) in [6, 6.07) is 3.53. The monoisotopic (exact) mass is 247 g/mol. The molecule has 0 aliphatic heterocycles. The normalized spacial score (nSPS) is 14.1. The fourth-order valence-corrected chi connectivity index (χ4v) is 1.47. The molecule has 2 heterocycles. The van der Waals surface area contributed by atoms with Crippen molar-refractivity contribution in [1.29, 1.82) is 0 Å². The minimum atomic E-state index is -0.883. The van der Waals surface area contributed by atoms with Gasteiger partial charge in [-0.2, -0.15) is 4.98 Å². The lowest BCUT2D eigenvalue weighted by atomic mass is 9.96. The van der Waals surface area contributed by atoms with Gasteiger partial charge in [-0.15, -0.1) is 0 Å². The van der Waals surface area contributed by atoms with Crippen molar-refractivity contribution in [2.45, 2.75) is 19.8 Å². The van der Waals surface area contributed by atoms with Gasteiger partial charge in [-0.1, -0.05) is 19.0 Å². The van der Waals surface area contributed by atoms with E-state index in [1.54, 1.807) is 38.4 Å². The number of hydrogen-bond acceptors (Lipinski definition) is 5. The number of carbonyl (C=O) groups is 1. The quantitative estimate of drug-likeness (QED) is 0.888. The smallest absolute Gasteiger partial charge is 0.307 e. The molecular weight excluding hydrogens is 234 g/mol. The molecule has 0 aliphatic carbocycles. The number of rotatable bonds is 4. The second kappa shape index (κ2) is 4.95. The Hall–Kier alpha value is -2.24. The van der Waals surface area contributed by atoms with Gasteiger partial charge in [-0.3, -0.25) is 9.78 Å². The molecule has 6 nitrogen and oxygen atoms in total. The minimum absolute atomic E-state index is 0.328. The molecule has 1 N–H and O–H groups in total. The molecule has 94 valence electrons. The molecule has 0 aliphatic rings. The molecule has 0 amide bonds. The summed E-state index contributed by atoms with van der Waals surface area (Å²) in [4.78, 5) is 19.0. The van der Waals surface area contributed by atoms with E-state index in [2.05, 4.69) is 15.1 Å². The van der Waals surface area contributed by atoms with Crippen LogP contribution in [0.15, 0.2) is 29.0 Å². The van der Waals surface area contributed by atoms with E-state index in [0.29, 0.717) is 11.7 Å². The first-order chi connectivity index (χ1) is 8.59. The van der Waals surface area contributed by atoms with Crippen LogP contribution in [0.3, 0.4) is 0 Å². The Balaban J connectivity index is 2.23. The highest BCUT2D eigenvalue weighted by atomic mass is 16.5. The average Bonchev–Trinajstić information content (AvgIpc) is 2.87. The molecule has 0 spiro atoms. The van der Waals surface area contributed by atoms with E-state index < -0.39 is 11.9 Å². The van der Waals surface area contributed by atoms with Gasteiger partial charge in [0.1, 0.15) is 0 Å². The van der Waals surface area contributed by atoms with Gasteiger partial charge in [0.25, 0.3) is 0 Å². The topological polar surface area (TPSA) is 89.1 Å². The zero-order valence-electron chi connectivity index (χ0n) is 10.1. The number of aliphatic carboxylic acids is 1. The summed E-state index contributed by atoms with van der Waals surface area (Å²) in [5, 5.41) is 12.8. The number of hydrogen-bond donors (Lipinski definition) is 1. The molecule has 0 radical (unpaired) electrons. The van der Waals surface area contributed by atoms with E-state index in [1.807, 2.05) is 0 Å². The summed E-state index contributed by atoms with van der Waals surface area (Å²) in [7, 11) is 0. The Morgan fingerprint density at radius 1 is 1.33 bits per heavy atom. The van der Waals surface area contributed by atoms with Crippen molar-refractivity contribution in [2.24, 2.45) is 5.92 Å². The van der Waals surface area contributed by atoms with Crippen LogP contribution in [-0.2, 0) is 4.79 Å². The highest BCUT2D eigenvalue weighted by Crippen LogP contribution is 2.25. The van der Waals surface area contributed by atoms with Crippen molar-refractivity contribution in [3.63, 3.8) is 0 Å². The van der Waals surface area contributed by atoms with Gasteiger partial charge in [0.15, 0.2) is 0 Å². The molecule has 0 aromatic carbocycles. The zero-order chi connectivity index (χ0) is 13.1. The van der Waals surface area contributed by atoms with Gasteiger partial charge in [0.2, 0.25) is 11.7 Å². The molecule has 0 bridgehead atoms. The molecule has 2 atom stereocenters. The molecule has 0 saturated carbocycles. The first-order valence-corrected chi connectivity index (χ1v) is 5.56. The minimum Gasteiger partial charge on any atom is -0.481 e. The van der Waals surface area contributed by atoms with Gasteiger partial charge in [0.05, 0.1) is 5.92 Å². The van der Waals surface area contributed by atoms with Gasteiger partial charge in [-0.05, 0) is 12.1 Å². The lowest BCUT2D eigenvalue weighted by molar-refractivity contribution is -0.141. The highest BCUT2D eigenvalue weighted by Gasteiger charge is 2.26. The predicted molar refractivity (Wildman–Crippen MR) is 62.7 cm³/mol. The van der Waals surface area contributed by atoms with Crippen LogP contribution < -0.4 is 0 Å². The van der Waals surface area contributed by atoms with Crippen LogP contribution in [-0.4, -0.2) is 26.2 Å². The first-order valence-electron chi connectivity index (χ1n) is 5.56. The fraction of sp³-hybridized carbons (Fsp3) is 0.333. The van der Waals surface area contributed by atoms with Crippen molar-refractivity contribution in [1.82, 2.24) is 15.1 Å². The molecule has 2 aromatic heterocycles. The van der Waals surface area contributed by atoms with Gasteiger partial charge >= 0.3 is 5.97 Å². The summed E-state index contributed by atoms with van der Waals surface area (Å²) >= 11 is 0. The maximum atomic E-state index is 10.9. The SMILES string of the molecule is CC(C(=O)O)C(C)c1nc(-c2ccncc2)no1. The zero-order valence-corrected chi connectivity index (χ0v) is 10.1. The number of aromatic nitrogens is 3. The highest BCUT2D eigenvalue weighted by molar-refractivity contribution is 5.70. The van der Waals surface area contributed by atoms with Crippen LogP contribution in [0.2, 0.25) is 0 Å². The van der Waals surface area contributed by atoms with Crippen LogP contribution in [0.4, 0.5) is 0 Å². The summed E-state index contributed by atoms with van der Waals surface area (Å²) in [6.07, 6.45) is 3.27. The molecule has 0 saturated heterocycles. The Morgan fingerprint density at radius 3 is 2.61 bits per heavy atom. The summed E-state index contributed by atoms with van der Waals surface area (Å²) in [5.74, 6) is -1.01. The number of carboxylic acid groups (broad SMARTS) is 1. The van der Waals surface area contributed by atoms with E-state index in [1.165, 1.54) is 0 Å². The Morgan fingerprint density at radius 2 is 2.00 bits per heavy atom. The lowest BCUT2D eigenvalue weighted by Crippen LogP contribution is -2.16. The third kappa shape index (κ3) is 2.37. The van der Waals surface area contributed by atoms with Gasteiger partial charge in [-0.25, -0.2) is 0 Å². The number of pyridine rings is 1. The van der Waals surface area contributed by atoms with Gasteiger partial charge < -0.3 is 9.63 Å². The van der Waals surface area contributed by atoms with Crippen LogP contribution in [0.5, 0.6) is 0 Å². The standard InChI is InChI=1S/C12H13N3O3/c1-7(8(2)12(16)17)11-14-10(15-18-11)9-3-5-13-6-4-9/h3-8H,1-2H3,(H,16,17). The predicted octanol–water partition coefficient (Wildman–Crippen LogP) is 1.96. The van der Waals surface area contributed by atoms with Crippen LogP contribution >= 0.6 is 0 Å². The van der Waals surface area contributed by atoms with Crippen molar-refractivity contribution >= 4 is 5.97 Å². The van der Waals surface area contributed by atoms with Crippen molar-refractivity contribution in [2.75, 3.05) is 0 Å². The number of nitrogens with zero attached hydrogens (tertiary/aromatic N) is 3. The van der Waals surface area contributed by atoms with E-state index in [9.17, 15) is 4.79 Å². The lowest BCUT2D eigenvalue weighted by Gasteiger charge is -2.10. The molecule has 2 aromatic rings. The average molecular weight is 247 g/mol. The second-order valence-corrected chi connectivity index (χ2v) is 4.11. The van der Waals surface area contributed by atoms with Crippen LogP contribution in [0, 0.1) is 5.92 Å². The third-order valence-electron chi connectivity index (χ3n) is 2.91. The maximum absolute atomic E-state index is 10.9. The Kier molecular flexibility index (Phi) is 3.36. The van der Waals surface area contributed by atoms with Crippen molar-refractivity contribution in [3.05, 3.63) is 30.4 Å². The fourth-order valence-electron chi connectivity index (χ4n) is 1.47. The summed E-state index contributed by atoms with van der Waals surface area (Å²) in [6.45, 7) is 3.37. The van der Waals surface area contributed by atoms with Crippen molar-refractivity contribution < 1.29 is 14.4 Å². The first kappa shape index (κ1) is 12.2. The summed E-state index contributed by atoms with van der Waals surface area (Å²) < 4.78 is 5.11. The molecule has 2 unspecified atom stereocenters. The molecule has 2 rings (SSSR count). The maximum Gasteiger partial charge on any atom is 0.307 e. The molecule has 6 heteroatoms. The summed E-state index contributed by atoms with van der Waals surface area (Å²) in [5.41, 5.74) is 0.787. The van der Waals surface area contributed by atoms with Gasteiger partial charge in [0, 0.05) is 23.9 Å². The number of carboxylic acids is 1. The molecule has 18 heavy (non-hydrogen) atoms. The van der Waals surface area contributed by atoms with Crippen LogP contribution in [0.1, 0.15) is 25.7 Å². The third-order valence-corrected chi connectivity index (χ3v) is 2.91. The van der Waals surface area contributed by atoms with E-state index >= 15 is 0 Å². The van der Waals surface area contributed by atoms with E-state index in [-0.39, 0.29) is 5.92 Å². The Bertz CT molecular complexity index is 539. The second-order valence-electron chi connectivity index (χ2n) is 4.11. The molecular formula is C12H13N3O3. The van der Waals surface area contributed by atoms with Crippen LogP contribution in [0.25, 0.3) is 11.4 Å². The largest absolute Gasteiger partial charge is 0.481 e. The van der Waals surface area contributed by atoms with Crippen molar-refractivity contribution in [3.8, 4) is 11.4 Å².